The highest BCUT2D eigenvalue weighted by atomic mass is 35.5. The summed E-state index contributed by atoms with van der Waals surface area (Å²) in [6.45, 7) is 1.65. The van der Waals surface area contributed by atoms with Crippen LogP contribution >= 0.6 is 23.2 Å². The highest BCUT2D eigenvalue weighted by Crippen LogP contribution is 2.25. The number of rotatable bonds is 4. The van der Waals surface area contributed by atoms with E-state index in [0.29, 0.717) is 15.7 Å². The van der Waals surface area contributed by atoms with Gasteiger partial charge >= 0.3 is 5.97 Å². The van der Waals surface area contributed by atoms with Gasteiger partial charge in [0.25, 0.3) is 0 Å². The Morgan fingerprint density at radius 1 is 1.44 bits per heavy atom. The lowest BCUT2D eigenvalue weighted by molar-refractivity contribution is -0.512. The number of anilines is 1. The molecule has 0 radical (unpaired) electrons. The van der Waals surface area contributed by atoms with E-state index in [1.165, 1.54) is 0 Å². The maximum Gasteiger partial charge on any atom is 0.352 e. The highest BCUT2D eigenvalue weighted by Gasteiger charge is 2.14. The smallest absolute Gasteiger partial charge is 0.352 e. The predicted molar refractivity (Wildman–Crippen MR) is 61.7 cm³/mol. The Bertz CT molecular complexity index is 387. The molecule has 1 aromatic rings. The summed E-state index contributed by atoms with van der Waals surface area (Å²) in [5, 5.41) is 3.79. The number of benzene rings is 1. The van der Waals surface area contributed by atoms with Gasteiger partial charge in [-0.3, -0.25) is 0 Å². The van der Waals surface area contributed by atoms with Crippen molar-refractivity contribution >= 4 is 34.9 Å². The first-order valence-electron chi connectivity index (χ1n) is 4.49. The average molecular weight is 265 g/mol. The second-order valence-corrected chi connectivity index (χ2v) is 3.87. The molecule has 0 heterocycles. The second-order valence-electron chi connectivity index (χ2n) is 3.06. The Morgan fingerprint density at radius 3 is 2.69 bits per heavy atom. The van der Waals surface area contributed by atoms with Crippen molar-refractivity contribution in [3.8, 4) is 0 Å². The van der Waals surface area contributed by atoms with Crippen LogP contribution < -0.4 is 16.7 Å². The minimum atomic E-state index is -0.522. The molecule has 1 rings (SSSR count). The normalized spacial score (nSPS) is 12.0. The van der Waals surface area contributed by atoms with Crippen molar-refractivity contribution in [2.75, 3.05) is 5.32 Å². The van der Waals surface area contributed by atoms with Gasteiger partial charge in [0.15, 0.2) is 0 Å². The van der Waals surface area contributed by atoms with Gasteiger partial charge in [-0.2, -0.15) is 0 Å². The number of carbonyl (C=O) groups excluding carboxylic acids is 1. The van der Waals surface area contributed by atoms with Crippen molar-refractivity contribution < 1.29 is 15.5 Å². The summed E-state index contributed by atoms with van der Waals surface area (Å²) in [5.74, 6) is 2.71. The molecule has 0 unspecified atom stereocenters. The maximum atomic E-state index is 11.3. The van der Waals surface area contributed by atoms with E-state index in [1.807, 2.05) is 0 Å². The average Bonchev–Trinajstić information content (AvgIpc) is 2.24. The quantitative estimate of drug-likeness (QED) is 0.710. The predicted octanol–water partition coefficient (Wildman–Crippen LogP) is 0.998. The zero-order valence-corrected chi connectivity index (χ0v) is 10.1. The van der Waals surface area contributed by atoms with Gasteiger partial charge in [-0.05, 0) is 25.1 Å². The van der Waals surface area contributed by atoms with Crippen molar-refractivity contribution in [1.82, 2.24) is 5.59 Å². The molecular formula is C9H12Cl2N3O2+. The first-order chi connectivity index (χ1) is 7.54. The zero-order chi connectivity index (χ0) is 12.1. The molecule has 1 aromatic carbocycles. The number of quaternary nitrogens is 1. The van der Waals surface area contributed by atoms with Crippen LogP contribution in [0.3, 0.4) is 0 Å². The van der Waals surface area contributed by atoms with Crippen LogP contribution in [0, 0.1) is 0 Å². The Labute approximate surface area is 103 Å². The lowest BCUT2D eigenvalue weighted by Gasteiger charge is -2.13. The van der Waals surface area contributed by atoms with Crippen LogP contribution in [-0.4, -0.2) is 12.0 Å². The Balaban J connectivity index is 2.66. The van der Waals surface area contributed by atoms with Gasteiger partial charge in [0, 0.05) is 11.3 Å². The summed E-state index contributed by atoms with van der Waals surface area (Å²) in [6, 6.07) is 4.47. The molecule has 0 fully saturated rings. The van der Waals surface area contributed by atoms with E-state index in [0.717, 1.165) is 0 Å². The summed E-state index contributed by atoms with van der Waals surface area (Å²) < 4.78 is 0. The molecule has 0 spiro atoms. The lowest BCUT2D eigenvalue weighted by atomic mass is 10.2. The molecule has 0 saturated carbocycles. The SMILES string of the molecule is C[C@@H](Nc1ccc(Cl)c(Cl)c1)C(=O)ON[NH3+]. The van der Waals surface area contributed by atoms with Crippen molar-refractivity contribution in [2.45, 2.75) is 13.0 Å². The fraction of sp³-hybridized carbons (Fsp3) is 0.222. The summed E-state index contributed by atoms with van der Waals surface area (Å²) in [6.07, 6.45) is 0. The molecule has 16 heavy (non-hydrogen) atoms. The summed E-state index contributed by atoms with van der Waals surface area (Å²) in [7, 11) is 0. The van der Waals surface area contributed by atoms with Crippen LogP contribution in [-0.2, 0) is 9.63 Å². The van der Waals surface area contributed by atoms with E-state index in [4.69, 9.17) is 23.2 Å². The minimum Gasteiger partial charge on any atom is -0.372 e. The van der Waals surface area contributed by atoms with Crippen LogP contribution in [0.4, 0.5) is 5.69 Å². The molecule has 5 N–H and O–H groups in total. The van der Waals surface area contributed by atoms with Crippen LogP contribution in [0.2, 0.25) is 10.0 Å². The largest absolute Gasteiger partial charge is 0.372 e. The molecule has 0 amide bonds. The van der Waals surface area contributed by atoms with Gasteiger partial charge in [0.05, 0.1) is 10.0 Å². The van der Waals surface area contributed by atoms with Crippen molar-refractivity contribution in [3.63, 3.8) is 0 Å². The third-order valence-corrected chi connectivity index (χ3v) is 2.57. The van der Waals surface area contributed by atoms with E-state index < -0.39 is 12.0 Å². The van der Waals surface area contributed by atoms with Gasteiger partial charge in [-0.1, -0.05) is 23.2 Å². The van der Waals surface area contributed by atoms with Gasteiger partial charge < -0.3 is 10.2 Å². The summed E-state index contributed by atoms with van der Waals surface area (Å²) in [5.41, 5.74) is 2.75. The molecule has 7 heteroatoms. The molecule has 5 nitrogen and oxygen atoms in total. The summed E-state index contributed by atoms with van der Waals surface area (Å²) >= 11 is 11.6. The fourth-order valence-electron chi connectivity index (χ4n) is 1.05. The van der Waals surface area contributed by atoms with Gasteiger partial charge in [-0.25, -0.2) is 10.6 Å². The topological polar surface area (TPSA) is 78.0 Å². The molecule has 0 bridgehead atoms. The molecule has 0 saturated heterocycles. The van der Waals surface area contributed by atoms with E-state index in [2.05, 4.69) is 21.6 Å². The second kappa shape index (κ2) is 5.91. The summed E-state index contributed by atoms with van der Waals surface area (Å²) in [4.78, 5) is 15.8. The van der Waals surface area contributed by atoms with E-state index in [-0.39, 0.29) is 0 Å². The van der Waals surface area contributed by atoms with Crippen molar-refractivity contribution in [3.05, 3.63) is 28.2 Å². The third-order valence-electron chi connectivity index (χ3n) is 1.83. The van der Waals surface area contributed by atoms with Gasteiger partial charge in [-0.15, -0.1) is 0 Å². The van der Waals surface area contributed by atoms with E-state index in [9.17, 15) is 4.79 Å². The van der Waals surface area contributed by atoms with Crippen LogP contribution in [0.5, 0.6) is 0 Å². The zero-order valence-electron chi connectivity index (χ0n) is 8.59. The Morgan fingerprint density at radius 2 is 2.12 bits per heavy atom. The number of hydrogen-bond donors (Lipinski definition) is 3. The third kappa shape index (κ3) is 3.53. The highest BCUT2D eigenvalue weighted by molar-refractivity contribution is 6.42. The molecule has 0 aliphatic heterocycles. The Kier molecular flexibility index (Phi) is 4.82. The van der Waals surface area contributed by atoms with Gasteiger partial charge in [0.2, 0.25) is 0 Å². The van der Waals surface area contributed by atoms with Crippen LogP contribution in [0.1, 0.15) is 6.92 Å². The van der Waals surface area contributed by atoms with Crippen molar-refractivity contribution in [1.29, 1.82) is 0 Å². The Hall–Kier alpha value is -1.01. The number of nitrogens with one attached hydrogen (secondary N) is 2. The first-order valence-corrected chi connectivity index (χ1v) is 5.24. The maximum absolute atomic E-state index is 11.3. The minimum absolute atomic E-state index is 0.419. The molecular weight excluding hydrogens is 253 g/mol. The number of carbonyl (C=O) groups is 1. The first kappa shape index (κ1) is 13.1. The molecule has 0 aliphatic carbocycles. The number of hydrogen-bond acceptors (Lipinski definition) is 4. The molecule has 88 valence electrons. The number of halogens is 2. The van der Waals surface area contributed by atoms with Crippen LogP contribution in [0.25, 0.3) is 0 Å². The lowest BCUT2D eigenvalue weighted by Crippen LogP contribution is -2.65. The molecule has 0 aromatic heterocycles. The molecule has 0 aliphatic rings. The van der Waals surface area contributed by atoms with E-state index in [1.54, 1.807) is 25.1 Å². The van der Waals surface area contributed by atoms with Crippen LogP contribution in [0.15, 0.2) is 18.2 Å². The fourth-order valence-corrected chi connectivity index (χ4v) is 1.35. The van der Waals surface area contributed by atoms with Gasteiger partial charge in [0.1, 0.15) is 6.04 Å². The molecule has 1 atom stereocenters. The van der Waals surface area contributed by atoms with Crippen molar-refractivity contribution in [2.24, 2.45) is 0 Å². The standard InChI is InChI=1S/C9H11Cl2N3O2/c1-5(9(15)16-14-12)13-6-2-3-7(10)8(11)4-6/h2-5,13-14H,12H2,1H3/p+1/t5-/m1/s1. The monoisotopic (exact) mass is 264 g/mol. The van der Waals surface area contributed by atoms with E-state index >= 15 is 0 Å².